The van der Waals surface area contributed by atoms with E-state index in [-0.39, 0.29) is 11.7 Å². The van der Waals surface area contributed by atoms with Gasteiger partial charge in [0.05, 0.1) is 11.7 Å². The van der Waals surface area contributed by atoms with Crippen LogP contribution in [0.5, 0.6) is 0 Å². The Morgan fingerprint density at radius 3 is 2.76 bits per heavy atom. The molecule has 17 heavy (non-hydrogen) atoms. The second kappa shape index (κ2) is 5.08. The molecule has 3 heterocycles. The van der Waals surface area contributed by atoms with Crippen LogP contribution in [-0.4, -0.2) is 59.0 Å². The molecular formula is C13H23NO2S. The van der Waals surface area contributed by atoms with E-state index in [9.17, 15) is 5.11 Å². The number of aliphatic hydroxyl groups excluding tert-OH is 1. The number of nitrogens with zero attached hydrogens (tertiary/aromatic N) is 1. The zero-order valence-electron chi connectivity index (χ0n) is 10.4. The van der Waals surface area contributed by atoms with Crippen LogP contribution in [0.3, 0.4) is 0 Å². The number of thioether (sulfide) groups is 1. The highest BCUT2D eigenvalue weighted by atomic mass is 32.2. The smallest absolute Gasteiger partial charge is 0.0713 e. The summed E-state index contributed by atoms with van der Waals surface area (Å²) in [5.41, 5.74) is 0.182. The average molecular weight is 257 g/mol. The fourth-order valence-corrected chi connectivity index (χ4v) is 4.74. The van der Waals surface area contributed by atoms with E-state index in [0.717, 1.165) is 32.5 Å². The predicted molar refractivity (Wildman–Crippen MR) is 70.5 cm³/mol. The minimum absolute atomic E-state index is 0.0873. The summed E-state index contributed by atoms with van der Waals surface area (Å²) in [5, 5.41) is 9.66. The molecule has 0 amide bonds. The van der Waals surface area contributed by atoms with Crippen molar-refractivity contribution in [3.63, 3.8) is 0 Å². The Kier molecular flexibility index (Phi) is 3.67. The standard InChI is InChI=1S/C13H23NO2S/c15-12-1-5-14(10-12)11-2-6-16-13(9-11)3-7-17-8-4-13/h11-12,15H,1-10H2/t11?,12-/m0/s1. The van der Waals surface area contributed by atoms with Gasteiger partial charge in [-0.05, 0) is 43.6 Å². The first-order chi connectivity index (χ1) is 8.27. The quantitative estimate of drug-likeness (QED) is 0.771. The van der Waals surface area contributed by atoms with E-state index in [0.29, 0.717) is 6.04 Å². The van der Waals surface area contributed by atoms with Crippen LogP contribution in [0.15, 0.2) is 0 Å². The summed E-state index contributed by atoms with van der Waals surface area (Å²) in [6.07, 6.45) is 5.67. The third-order valence-corrected chi connectivity index (χ3v) is 5.57. The maximum absolute atomic E-state index is 9.66. The lowest BCUT2D eigenvalue weighted by atomic mass is 9.85. The summed E-state index contributed by atoms with van der Waals surface area (Å²) in [6.45, 7) is 2.88. The van der Waals surface area contributed by atoms with Gasteiger partial charge in [-0.2, -0.15) is 11.8 Å². The summed E-state index contributed by atoms with van der Waals surface area (Å²) in [5.74, 6) is 2.52. The average Bonchev–Trinajstić information content (AvgIpc) is 2.77. The highest BCUT2D eigenvalue weighted by Crippen LogP contribution is 2.39. The van der Waals surface area contributed by atoms with E-state index in [1.807, 2.05) is 0 Å². The summed E-state index contributed by atoms with van der Waals surface area (Å²) in [4.78, 5) is 2.50. The van der Waals surface area contributed by atoms with Crippen molar-refractivity contribution in [2.45, 2.75) is 49.9 Å². The maximum Gasteiger partial charge on any atom is 0.0713 e. The Balaban J connectivity index is 1.62. The van der Waals surface area contributed by atoms with Gasteiger partial charge in [0.15, 0.2) is 0 Å². The van der Waals surface area contributed by atoms with Gasteiger partial charge in [0.2, 0.25) is 0 Å². The minimum Gasteiger partial charge on any atom is -0.392 e. The van der Waals surface area contributed by atoms with Crippen LogP contribution in [0.4, 0.5) is 0 Å². The zero-order chi connectivity index (χ0) is 11.7. The molecule has 0 aromatic heterocycles. The van der Waals surface area contributed by atoms with Crippen LogP contribution >= 0.6 is 11.8 Å². The molecule has 3 aliphatic heterocycles. The van der Waals surface area contributed by atoms with Gasteiger partial charge in [-0.25, -0.2) is 0 Å². The molecule has 3 nitrogen and oxygen atoms in total. The Hall–Kier alpha value is 0.230. The van der Waals surface area contributed by atoms with Crippen LogP contribution in [0.1, 0.15) is 32.1 Å². The molecule has 0 bridgehead atoms. The molecule has 2 atom stereocenters. The molecule has 98 valence electrons. The van der Waals surface area contributed by atoms with Crippen molar-refractivity contribution in [2.24, 2.45) is 0 Å². The van der Waals surface area contributed by atoms with Gasteiger partial charge in [-0.1, -0.05) is 0 Å². The second-order valence-corrected chi connectivity index (χ2v) is 6.95. The van der Waals surface area contributed by atoms with Crippen LogP contribution in [0.2, 0.25) is 0 Å². The first kappa shape index (κ1) is 12.3. The highest BCUT2D eigenvalue weighted by molar-refractivity contribution is 7.99. The molecule has 4 heteroatoms. The Labute approximate surface area is 108 Å². The Morgan fingerprint density at radius 2 is 2.06 bits per heavy atom. The van der Waals surface area contributed by atoms with Crippen LogP contribution in [0, 0.1) is 0 Å². The molecule has 3 fully saturated rings. The minimum atomic E-state index is -0.0873. The molecule has 0 aromatic carbocycles. The molecule has 3 saturated heterocycles. The topological polar surface area (TPSA) is 32.7 Å². The molecule has 0 radical (unpaired) electrons. The normalized spacial score (nSPS) is 38.6. The number of β-amino-alcohol motifs (C(OH)–C–C–N with tert-alkyl or cyclic N) is 1. The van der Waals surface area contributed by atoms with E-state index in [1.54, 1.807) is 0 Å². The molecule has 0 saturated carbocycles. The third-order valence-electron chi connectivity index (χ3n) is 4.58. The van der Waals surface area contributed by atoms with Gasteiger partial charge in [0.25, 0.3) is 0 Å². The van der Waals surface area contributed by atoms with E-state index < -0.39 is 0 Å². The molecule has 0 aromatic rings. The predicted octanol–water partition coefficient (Wildman–Crippen LogP) is 1.50. The SMILES string of the molecule is O[C@H]1CCN(C2CCOC3(CCSCC3)C2)C1. The van der Waals surface area contributed by atoms with Crippen molar-refractivity contribution < 1.29 is 9.84 Å². The van der Waals surface area contributed by atoms with E-state index >= 15 is 0 Å². The lowest BCUT2D eigenvalue weighted by molar-refractivity contribution is -0.108. The fraction of sp³-hybridized carbons (Fsp3) is 1.00. The van der Waals surface area contributed by atoms with Gasteiger partial charge < -0.3 is 9.84 Å². The molecule has 1 spiro atoms. The molecular weight excluding hydrogens is 234 g/mol. The third kappa shape index (κ3) is 2.65. The zero-order valence-corrected chi connectivity index (χ0v) is 11.3. The Bertz CT molecular complexity index is 263. The number of rotatable bonds is 1. The first-order valence-corrected chi connectivity index (χ1v) is 8.07. The summed E-state index contributed by atoms with van der Waals surface area (Å²) >= 11 is 2.06. The van der Waals surface area contributed by atoms with Crippen LogP contribution in [-0.2, 0) is 4.74 Å². The van der Waals surface area contributed by atoms with E-state index in [1.165, 1.54) is 30.8 Å². The van der Waals surface area contributed by atoms with Crippen molar-refractivity contribution in [3.8, 4) is 0 Å². The van der Waals surface area contributed by atoms with Crippen LogP contribution < -0.4 is 0 Å². The number of hydrogen-bond donors (Lipinski definition) is 1. The number of ether oxygens (including phenoxy) is 1. The maximum atomic E-state index is 9.66. The lowest BCUT2D eigenvalue weighted by Crippen LogP contribution is -2.49. The molecule has 3 rings (SSSR count). The molecule has 0 aliphatic carbocycles. The molecule has 1 N–H and O–H groups in total. The Morgan fingerprint density at radius 1 is 1.24 bits per heavy atom. The first-order valence-electron chi connectivity index (χ1n) is 6.91. The highest BCUT2D eigenvalue weighted by Gasteiger charge is 2.41. The van der Waals surface area contributed by atoms with Crippen LogP contribution in [0.25, 0.3) is 0 Å². The summed E-state index contributed by atoms with van der Waals surface area (Å²) < 4.78 is 6.12. The summed E-state index contributed by atoms with van der Waals surface area (Å²) in [6, 6.07) is 0.656. The van der Waals surface area contributed by atoms with Crippen molar-refractivity contribution >= 4 is 11.8 Å². The second-order valence-electron chi connectivity index (χ2n) is 5.73. The monoisotopic (exact) mass is 257 g/mol. The van der Waals surface area contributed by atoms with Crippen molar-refractivity contribution in [3.05, 3.63) is 0 Å². The molecule has 1 unspecified atom stereocenters. The number of aliphatic hydroxyl groups is 1. The summed E-state index contributed by atoms with van der Waals surface area (Å²) in [7, 11) is 0. The van der Waals surface area contributed by atoms with Crippen molar-refractivity contribution in [1.82, 2.24) is 4.90 Å². The van der Waals surface area contributed by atoms with Crippen molar-refractivity contribution in [1.29, 1.82) is 0 Å². The van der Waals surface area contributed by atoms with Gasteiger partial charge in [0.1, 0.15) is 0 Å². The van der Waals surface area contributed by atoms with Gasteiger partial charge >= 0.3 is 0 Å². The van der Waals surface area contributed by atoms with Crippen molar-refractivity contribution in [2.75, 3.05) is 31.2 Å². The largest absolute Gasteiger partial charge is 0.392 e. The van der Waals surface area contributed by atoms with Gasteiger partial charge in [0, 0.05) is 25.7 Å². The molecule has 3 aliphatic rings. The number of hydrogen-bond acceptors (Lipinski definition) is 4. The van der Waals surface area contributed by atoms with Gasteiger partial charge in [-0.15, -0.1) is 0 Å². The lowest BCUT2D eigenvalue weighted by Gasteiger charge is -2.45. The fourth-order valence-electron chi connectivity index (χ4n) is 3.51. The van der Waals surface area contributed by atoms with Gasteiger partial charge in [-0.3, -0.25) is 4.90 Å². The van der Waals surface area contributed by atoms with E-state index in [4.69, 9.17) is 4.74 Å². The van der Waals surface area contributed by atoms with E-state index in [2.05, 4.69) is 16.7 Å². The number of likely N-dealkylation sites (tertiary alicyclic amines) is 1.